The maximum atomic E-state index is 12.3. The van der Waals surface area contributed by atoms with Crippen LogP contribution in [0.3, 0.4) is 0 Å². The Morgan fingerprint density at radius 1 is 1.07 bits per heavy atom. The van der Waals surface area contributed by atoms with Crippen molar-refractivity contribution in [3.8, 4) is 0 Å². The van der Waals surface area contributed by atoms with Crippen LogP contribution in [0, 0.1) is 0 Å². The summed E-state index contributed by atoms with van der Waals surface area (Å²) in [5.74, 6) is 0. The van der Waals surface area contributed by atoms with Gasteiger partial charge in [-0.15, -0.1) is 0 Å². The van der Waals surface area contributed by atoms with Crippen molar-refractivity contribution in [2.45, 2.75) is 6.18 Å². The smallest absolute Gasteiger partial charge is 0.298 e. The highest BCUT2D eigenvalue weighted by Crippen LogP contribution is 2.32. The van der Waals surface area contributed by atoms with Gasteiger partial charge in [-0.05, 0) is 12.1 Å². The SMILES string of the molecule is C[N+](C)(C)c1cccc(C(F)(F)F)c1. The van der Waals surface area contributed by atoms with Gasteiger partial charge in [-0.2, -0.15) is 13.2 Å². The van der Waals surface area contributed by atoms with Gasteiger partial charge in [0.15, 0.2) is 0 Å². The lowest BCUT2D eigenvalue weighted by molar-refractivity contribution is -0.137. The first-order valence-electron chi connectivity index (χ1n) is 4.20. The molecule has 0 fully saturated rings. The normalized spacial score (nSPS) is 13.0. The second-order valence-corrected chi connectivity index (χ2v) is 4.06. The Bertz CT molecular complexity index is 294. The minimum absolute atomic E-state index is 0.379. The maximum absolute atomic E-state index is 12.3. The van der Waals surface area contributed by atoms with E-state index in [1.165, 1.54) is 12.1 Å². The zero-order valence-corrected chi connectivity index (χ0v) is 8.39. The Kier molecular flexibility index (Phi) is 2.58. The molecule has 0 radical (unpaired) electrons. The molecule has 0 aromatic heterocycles. The van der Waals surface area contributed by atoms with Crippen LogP contribution in [0.5, 0.6) is 0 Å². The van der Waals surface area contributed by atoms with Gasteiger partial charge >= 0.3 is 6.18 Å². The lowest BCUT2D eigenvalue weighted by atomic mass is 10.2. The fraction of sp³-hybridized carbons (Fsp3) is 0.400. The summed E-state index contributed by atoms with van der Waals surface area (Å²) < 4.78 is 37.4. The summed E-state index contributed by atoms with van der Waals surface area (Å²) in [6, 6.07) is 5.38. The van der Waals surface area contributed by atoms with Crippen molar-refractivity contribution in [2.75, 3.05) is 21.1 Å². The average molecular weight is 204 g/mol. The molecule has 0 heterocycles. The number of hydrogen-bond acceptors (Lipinski definition) is 0. The van der Waals surface area contributed by atoms with E-state index in [4.69, 9.17) is 0 Å². The topological polar surface area (TPSA) is 0 Å². The first-order valence-corrected chi connectivity index (χ1v) is 4.20. The molecule has 0 aliphatic heterocycles. The summed E-state index contributed by atoms with van der Waals surface area (Å²) in [7, 11) is 5.49. The molecule has 78 valence electrons. The summed E-state index contributed by atoms with van der Waals surface area (Å²) in [5.41, 5.74) is 0.0443. The van der Waals surface area contributed by atoms with Crippen molar-refractivity contribution >= 4 is 5.69 Å². The molecule has 0 amide bonds. The van der Waals surface area contributed by atoms with Crippen molar-refractivity contribution in [1.29, 1.82) is 0 Å². The van der Waals surface area contributed by atoms with Crippen LogP contribution in [-0.2, 0) is 6.18 Å². The Morgan fingerprint density at radius 3 is 2.07 bits per heavy atom. The Morgan fingerprint density at radius 2 is 1.64 bits per heavy atom. The fourth-order valence-corrected chi connectivity index (χ4v) is 1.10. The van der Waals surface area contributed by atoms with Crippen LogP contribution in [0.1, 0.15) is 5.56 Å². The van der Waals surface area contributed by atoms with Crippen LogP contribution in [0.4, 0.5) is 18.9 Å². The number of benzene rings is 1. The molecule has 0 aliphatic carbocycles. The predicted octanol–water partition coefficient (Wildman–Crippen LogP) is 2.90. The molecule has 1 nitrogen and oxygen atoms in total. The molecule has 0 saturated heterocycles. The van der Waals surface area contributed by atoms with Crippen molar-refractivity contribution in [3.63, 3.8) is 0 Å². The lowest BCUT2D eigenvalue weighted by Crippen LogP contribution is -2.34. The molecule has 0 atom stereocenters. The van der Waals surface area contributed by atoms with Crippen LogP contribution < -0.4 is 4.48 Å². The van der Waals surface area contributed by atoms with Gasteiger partial charge in [0, 0.05) is 6.07 Å². The summed E-state index contributed by atoms with van der Waals surface area (Å²) in [4.78, 5) is 0. The molecule has 0 aliphatic rings. The number of rotatable bonds is 1. The van der Waals surface area contributed by atoms with Crippen molar-refractivity contribution in [3.05, 3.63) is 29.8 Å². The third-order valence-electron chi connectivity index (χ3n) is 1.95. The van der Waals surface area contributed by atoms with E-state index in [0.717, 1.165) is 6.07 Å². The molecule has 0 saturated carbocycles. The summed E-state index contributed by atoms with van der Waals surface area (Å²) in [6.45, 7) is 0. The zero-order valence-electron chi connectivity index (χ0n) is 8.39. The van der Waals surface area contributed by atoms with Gasteiger partial charge < -0.3 is 0 Å². The molecule has 0 bridgehead atoms. The van der Waals surface area contributed by atoms with Gasteiger partial charge in [0.2, 0.25) is 0 Å². The minimum atomic E-state index is -4.26. The Labute approximate surface area is 81.4 Å². The summed E-state index contributed by atoms with van der Waals surface area (Å²) >= 11 is 0. The Balaban J connectivity index is 3.15. The Hall–Kier alpha value is -1.03. The van der Waals surface area contributed by atoms with E-state index >= 15 is 0 Å². The third-order valence-corrected chi connectivity index (χ3v) is 1.95. The molecular weight excluding hydrogens is 191 g/mol. The van der Waals surface area contributed by atoms with Gasteiger partial charge in [0.05, 0.1) is 26.7 Å². The largest absolute Gasteiger partial charge is 0.416 e. The average Bonchev–Trinajstić information content (AvgIpc) is 2.01. The number of alkyl halides is 3. The van der Waals surface area contributed by atoms with Crippen LogP contribution in [-0.4, -0.2) is 21.1 Å². The highest BCUT2D eigenvalue weighted by atomic mass is 19.4. The van der Waals surface area contributed by atoms with Gasteiger partial charge in [0.25, 0.3) is 0 Å². The quantitative estimate of drug-likeness (QED) is 0.617. The van der Waals surface area contributed by atoms with Gasteiger partial charge in [-0.25, -0.2) is 0 Å². The van der Waals surface area contributed by atoms with Crippen molar-refractivity contribution in [1.82, 2.24) is 4.48 Å². The second-order valence-electron chi connectivity index (χ2n) is 4.06. The van der Waals surface area contributed by atoms with E-state index in [-0.39, 0.29) is 0 Å². The molecule has 0 spiro atoms. The minimum Gasteiger partial charge on any atom is -0.298 e. The molecule has 0 N–H and O–H groups in total. The third kappa shape index (κ3) is 2.48. The second kappa shape index (κ2) is 3.28. The lowest BCUT2D eigenvalue weighted by Gasteiger charge is -2.24. The van der Waals surface area contributed by atoms with Gasteiger partial charge in [-0.3, -0.25) is 4.48 Å². The molecule has 1 aromatic rings. The molecule has 14 heavy (non-hydrogen) atoms. The highest BCUT2D eigenvalue weighted by molar-refractivity contribution is 5.44. The highest BCUT2D eigenvalue weighted by Gasteiger charge is 2.31. The van der Waals surface area contributed by atoms with Crippen molar-refractivity contribution < 1.29 is 13.2 Å². The van der Waals surface area contributed by atoms with E-state index in [1.807, 2.05) is 21.1 Å². The van der Waals surface area contributed by atoms with E-state index in [2.05, 4.69) is 0 Å². The van der Waals surface area contributed by atoms with E-state index in [1.54, 1.807) is 6.07 Å². The molecule has 1 rings (SSSR count). The standard InChI is InChI=1S/C10H13F3N/c1-14(2,3)9-6-4-5-8(7-9)10(11,12)13/h4-7H,1-3H3/q+1. The number of nitrogens with zero attached hydrogens (tertiary/aromatic N) is 1. The van der Waals surface area contributed by atoms with E-state index < -0.39 is 11.7 Å². The molecule has 0 unspecified atom stereocenters. The molecular formula is C10H13F3N+. The number of hydrogen-bond donors (Lipinski definition) is 0. The van der Waals surface area contributed by atoms with Gasteiger partial charge in [-0.1, -0.05) is 6.07 Å². The summed E-state index contributed by atoms with van der Waals surface area (Å²) in [5, 5.41) is 0. The first kappa shape index (κ1) is 11.0. The van der Waals surface area contributed by atoms with Crippen LogP contribution in [0.15, 0.2) is 24.3 Å². The maximum Gasteiger partial charge on any atom is 0.416 e. The summed E-state index contributed by atoms with van der Waals surface area (Å²) in [6.07, 6.45) is -4.26. The monoisotopic (exact) mass is 204 g/mol. The van der Waals surface area contributed by atoms with E-state index in [0.29, 0.717) is 10.2 Å². The van der Waals surface area contributed by atoms with E-state index in [9.17, 15) is 13.2 Å². The fourth-order valence-electron chi connectivity index (χ4n) is 1.10. The van der Waals surface area contributed by atoms with Crippen LogP contribution in [0.25, 0.3) is 0 Å². The van der Waals surface area contributed by atoms with Crippen molar-refractivity contribution in [2.24, 2.45) is 0 Å². The first-order chi connectivity index (χ1) is 6.21. The zero-order chi connectivity index (χ0) is 11.0. The van der Waals surface area contributed by atoms with Crippen LogP contribution in [0.2, 0.25) is 0 Å². The number of quaternary nitrogens is 1. The molecule has 4 heteroatoms. The van der Waals surface area contributed by atoms with Gasteiger partial charge in [0.1, 0.15) is 5.69 Å². The number of halogens is 3. The van der Waals surface area contributed by atoms with Crippen LogP contribution >= 0.6 is 0 Å². The predicted molar refractivity (Wildman–Crippen MR) is 51.0 cm³/mol. The molecule has 1 aromatic carbocycles.